The molecule has 3 aromatic rings. The van der Waals surface area contributed by atoms with Gasteiger partial charge in [0.15, 0.2) is 0 Å². The van der Waals surface area contributed by atoms with Crippen molar-refractivity contribution in [2.24, 2.45) is 0 Å². The number of nitrogens with one attached hydrogen (secondary N) is 6. The lowest BCUT2D eigenvalue weighted by atomic mass is 10.0. The molecule has 3 amide bonds. The van der Waals surface area contributed by atoms with Crippen molar-refractivity contribution in [3.8, 4) is 17.6 Å². The third-order valence-electron chi connectivity index (χ3n) is 10.9. The fourth-order valence-electron chi connectivity index (χ4n) is 7.68. The number of sulfonamides is 1. The number of methoxy groups -OCH3 is 1. The molecule has 0 bridgehead atoms. The SMILES string of the molecule is COc1cc(S(=O)(=O)NCCOCCOCCOCCNC(=O)CCCC[C@@H]2SC[C@@H]3NC(=O)N[C@@H]32)ccc1NCC#Cc1cc2c(NC3CCOCC3)cccc2n1CC(F)(F)F. The van der Waals surface area contributed by atoms with E-state index in [1.807, 2.05) is 17.8 Å². The molecule has 0 spiro atoms. The molecule has 0 aliphatic carbocycles. The molecule has 64 heavy (non-hydrogen) atoms. The third-order valence-corrected chi connectivity index (χ3v) is 13.8. The average Bonchev–Trinajstić information content (AvgIpc) is 3.94. The first-order valence-corrected chi connectivity index (χ1v) is 24.1. The molecule has 0 unspecified atom stereocenters. The van der Waals surface area contributed by atoms with E-state index in [1.54, 1.807) is 18.2 Å². The van der Waals surface area contributed by atoms with Crippen molar-refractivity contribution in [1.29, 1.82) is 0 Å². The standard InChI is InChI=1S/C43H58F3N7O9S2/c1-58-38-27-32(11-12-35(38)47-15-5-6-31-26-33-34(50-30-13-18-59-19-14-30)7-4-8-37(33)53(31)29-43(44,45)46)64(56,57)49-17-21-61-23-25-62-24-22-60-20-16-48-40(54)10-3-2-9-39-41-36(28-63-39)51-42(55)52-41/h4,7-8,11-12,26-27,30,36,39,41,47,49-50H,2-3,9-10,13-25,28-29H2,1H3,(H,48,54)(H2,51,52,55)/t36-,39-,41-/m0/s1. The molecule has 1 aromatic heterocycles. The van der Waals surface area contributed by atoms with E-state index in [9.17, 15) is 31.2 Å². The molecular formula is C43H58F3N7O9S2. The number of urea groups is 1. The monoisotopic (exact) mass is 937 g/mol. The molecule has 6 rings (SSSR count). The highest BCUT2D eigenvalue weighted by atomic mass is 32.2. The predicted molar refractivity (Wildman–Crippen MR) is 238 cm³/mol. The van der Waals surface area contributed by atoms with Crippen molar-refractivity contribution in [3.05, 3.63) is 48.2 Å². The molecule has 0 radical (unpaired) electrons. The van der Waals surface area contributed by atoms with Crippen molar-refractivity contribution in [2.45, 2.75) is 79.5 Å². The van der Waals surface area contributed by atoms with Crippen molar-refractivity contribution < 1.29 is 54.9 Å². The molecule has 2 aromatic carbocycles. The van der Waals surface area contributed by atoms with Crippen LogP contribution in [-0.2, 0) is 40.3 Å². The Bertz CT molecular complexity index is 2180. The maximum Gasteiger partial charge on any atom is 0.406 e. The number of carbonyl (C=O) groups excluding carboxylic acids is 2. The molecule has 0 saturated carbocycles. The topological polar surface area (TPSA) is 192 Å². The average molecular weight is 938 g/mol. The number of hydrogen-bond donors (Lipinski definition) is 6. The van der Waals surface area contributed by atoms with Gasteiger partial charge in [0.05, 0.1) is 87.2 Å². The highest BCUT2D eigenvalue weighted by molar-refractivity contribution is 8.00. The summed E-state index contributed by atoms with van der Waals surface area (Å²) in [4.78, 5) is 23.6. The summed E-state index contributed by atoms with van der Waals surface area (Å²) in [6.45, 7) is 2.22. The number of anilines is 2. The van der Waals surface area contributed by atoms with Crippen molar-refractivity contribution in [2.75, 3.05) is 96.0 Å². The number of benzene rings is 2. The fourth-order valence-corrected chi connectivity index (χ4v) is 10.3. The molecule has 3 saturated heterocycles. The van der Waals surface area contributed by atoms with Crippen molar-refractivity contribution in [3.63, 3.8) is 0 Å². The number of rotatable bonds is 25. The van der Waals surface area contributed by atoms with Crippen LogP contribution in [0.15, 0.2) is 47.4 Å². The molecule has 3 fully saturated rings. The second kappa shape index (κ2) is 24.2. The quantitative estimate of drug-likeness (QED) is 0.0399. The number of hydrogen-bond acceptors (Lipinski definition) is 12. The van der Waals surface area contributed by atoms with Gasteiger partial charge in [0.1, 0.15) is 12.3 Å². The van der Waals surface area contributed by atoms with Crippen LogP contribution >= 0.6 is 11.8 Å². The van der Waals surface area contributed by atoms with E-state index < -0.39 is 22.7 Å². The normalized spacial score (nSPS) is 18.8. The lowest BCUT2D eigenvalue weighted by molar-refractivity contribution is -0.140. The smallest absolute Gasteiger partial charge is 0.406 e. The summed E-state index contributed by atoms with van der Waals surface area (Å²) in [6, 6.07) is 11.7. The summed E-state index contributed by atoms with van der Waals surface area (Å²) in [5, 5.41) is 16.4. The van der Waals surface area contributed by atoms with Gasteiger partial charge in [0, 0.05) is 66.9 Å². The number of fused-ring (bicyclic) bond motifs is 2. The number of ether oxygens (including phenoxy) is 5. The summed E-state index contributed by atoms with van der Waals surface area (Å²) in [5.41, 5.74) is 1.82. The zero-order chi connectivity index (χ0) is 45.4. The van der Waals surface area contributed by atoms with Gasteiger partial charge in [-0.1, -0.05) is 18.4 Å². The van der Waals surface area contributed by atoms with Crippen LogP contribution in [0, 0.1) is 11.8 Å². The Morgan fingerprint density at radius 2 is 1.72 bits per heavy atom. The zero-order valence-electron chi connectivity index (χ0n) is 35.9. The number of aromatic nitrogens is 1. The van der Waals surface area contributed by atoms with Crippen LogP contribution in [0.4, 0.5) is 29.3 Å². The Morgan fingerprint density at radius 3 is 2.47 bits per heavy atom. The highest BCUT2D eigenvalue weighted by Crippen LogP contribution is 2.34. The lowest BCUT2D eigenvalue weighted by Gasteiger charge is -2.24. The molecule has 3 aliphatic heterocycles. The van der Waals surface area contributed by atoms with Gasteiger partial charge in [-0.3, -0.25) is 4.79 Å². The molecule has 6 N–H and O–H groups in total. The van der Waals surface area contributed by atoms with Gasteiger partial charge >= 0.3 is 12.2 Å². The van der Waals surface area contributed by atoms with E-state index in [4.69, 9.17) is 23.7 Å². The Morgan fingerprint density at radius 1 is 0.969 bits per heavy atom. The van der Waals surface area contributed by atoms with Crippen LogP contribution in [0.3, 0.4) is 0 Å². The maximum absolute atomic E-state index is 13.7. The Balaban J connectivity index is 0.833. The van der Waals surface area contributed by atoms with E-state index in [0.29, 0.717) is 74.4 Å². The first-order valence-electron chi connectivity index (χ1n) is 21.5. The number of alkyl halides is 3. The van der Waals surface area contributed by atoms with Crippen LogP contribution in [0.1, 0.15) is 44.2 Å². The Kier molecular flexibility index (Phi) is 18.5. The summed E-state index contributed by atoms with van der Waals surface area (Å²) in [6.07, 6.45) is 0.284. The van der Waals surface area contributed by atoms with E-state index in [2.05, 4.69) is 43.1 Å². The number of nitrogens with zero attached hydrogens (tertiary/aromatic N) is 1. The Labute approximate surface area is 376 Å². The molecule has 4 heterocycles. The van der Waals surface area contributed by atoms with E-state index >= 15 is 0 Å². The third kappa shape index (κ3) is 14.8. The minimum Gasteiger partial charge on any atom is -0.495 e. The second-order valence-corrected chi connectivity index (χ2v) is 18.5. The van der Waals surface area contributed by atoms with Gasteiger partial charge in [-0.25, -0.2) is 17.9 Å². The molecular weight excluding hydrogens is 880 g/mol. The van der Waals surface area contributed by atoms with Gasteiger partial charge in [0.2, 0.25) is 15.9 Å². The van der Waals surface area contributed by atoms with E-state index in [1.165, 1.54) is 29.9 Å². The molecule has 21 heteroatoms. The molecule has 352 valence electrons. The van der Waals surface area contributed by atoms with Gasteiger partial charge in [0.25, 0.3) is 0 Å². The van der Waals surface area contributed by atoms with Crippen LogP contribution in [0.2, 0.25) is 0 Å². The van der Waals surface area contributed by atoms with Crippen molar-refractivity contribution in [1.82, 2.24) is 25.2 Å². The van der Waals surface area contributed by atoms with Gasteiger partial charge in [-0.05, 0) is 61.9 Å². The first-order chi connectivity index (χ1) is 30.9. The Hall–Kier alpha value is -4.43. The van der Waals surface area contributed by atoms with E-state index in [0.717, 1.165) is 43.5 Å². The first kappa shape index (κ1) is 49.0. The largest absolute Gasteiger partial charge is 0.495 e. The van der Waals surface area contributed by atoms with E-state index in [-0.39, 0.29) is 72.7 Å². The fraction of sp³-hybridized carbons (Fsp3) is 0.581. The number of halogens is 3. The number of thioether (sulfide) groups is 1. The number of amides is 3. The lowest BCUT2D eigenvalue weighted by Crippen LogP contribution is -2.36. The number of carbonyl (C=O) groups is 2. The highest BCUT2D eigenvalue weighted by Gasteiger charge is 2.42. The minimum absolute atomic E-state index is 0.0126. The van der Waals surface area contributed by atoms with Gasteiger partial charge in [-0.15, -0.1) is 0 Å². The second-order valence-electron chi connectivity index (χ2n) is 15.5. The molecule has 3 atom stereocenters. The summed E-state index contributed by atoms with van der Waals surface area (Å²) in [7, 11) is -2.51. The zero-order valence-corrected chi connectivity index (χ0v) is 37.5. The molecule has 16 nitrogen and oxygen atoms in total. The minimum atomic E-state index is -4.46. The van der Waals surface area contributed by atoms with Crippen LogP contribution in [0.5, 0.6) is 5.75 Å². The number of unbranched alkanes of at least 4 members (excludes halogenated alkanes) is 1. The van der Waals surface area contributed by atoms with Crippen LogP contribution < -0.4 is 36.0 Å². The van der Waals surface area contributed by atoms with Crippen LogP contribution in [-0.4, -0.2) is 140 Å². The molecule has 3 aliphatic rings. The summed E-state index contributed by atoms with van der Waals surface area (Å²) >= 11 is 1.87. The predicted octanol–water partition coefficient (Wildman–Crippen LogP) is 4.44. The van der Waals surface area contributed by atoms with Crippen molar-refractivity contribution >= 4 is 56.0 Å². The van der Waals surface area contributed by atoms with Crippen LogP contribution in [0.25, 0.3) is 10.9 Å². The maximum atomic E-state index is 13.7. The summed E-state index contributed by atoms with van der Waals surface area (Å²) in [5.74, 6) is 6.94. The van der Waals surface area contributed by atoms with Gasteiger partial charge < -0.3 is 54.8 Å². The summed E-state index contributed by atoms with van der Waals surface area (Å²) < 4.78 is 98.1. The van der Waals surface area contributed by atoms with Gasteiger partial charge in [-0.2, -0.15) is 24.9 Å².